The molecule has 0 aromatic heterocycles. The first-order chi connectivity index (χ1) is 13.2. The minimum atomic E-state index is -3.68. The number of nitrogens with one attached hydrogen (secondary N) is 1. The number of amides is 1. The van der Waals surface area contributed by atoms with Crippen LogP contribution in [0.4, 0.5) is 4.39 Å². The molecule has 0 aliphatic carbocycles. The fraction of sp³-hybridized carbons (Fsp3) is 0.381. The molecule has 0 saturated heterocycles. The molecule has 0 unspecified atom stereocenters. The molecule has 28 heavy (non-hydrogen) atoms. The highest BCUT2D eigenvalue weighted by atomic mass is 32.2. The highest BCUT2D eigenvalue weighted by molar-refractivity contribution is 7.88. The Morgan fingerprint density at radius 3 is 2.36 bits per heavy atom. The van der Waals surface area contributed by atoms with Gasteiger partial charge < -0.3 is 5.32 Å². The number of halogens is 1. The Morgan fingerprint density at radius 1 is 1.04 bits per heavy atom. The normalized spacial score (nSPS) is 11.6. The van der Waals surface area contributed by atoms with Crippen LogP contribution in [0.3, 0.4) is 0 Å². The predicted molar refractivity (Wildman–Crippen MR) is 109 cm³/mol. The molecule has 0 atom stereocenters. The zero-order valence-corrected chi connectivity index (χ0v) is 17.4. The van der Waals surface area contributed by atoms with E-state index in [4.69, 9.17) is 0 Å². The number of sulfonamides is 1. The van der Waals surface area contributed by atoms with E-state index in [-0.39, 0.29) is 18.7 Å². The summed E-state index contributed by atoms with van der Waals surface area (Å²) in [6, 6.07) is 12.1. The van der Waals surface area contributed by atoms with E-state index < -0.39 is 21.7 Å². The van der Waals surface area contributed by atoms with Crippen molar-refractivity contribution < 1.29 is 17.6 Å². The fourth-order valence-corrected chi connectivity index (χ4v) is 3.65. The molecule has 152 valence electrons. The van der Waals surface area contributed by atoms with E-state index >= 15 is 0 Å². The zero-order chi connectivity index (χ0) is 20.7. The first-order valence-corrected chi connectivity index (χ1v) is 11.1. The maximum atomic E-state index is 13.9. The predicted octanol–water partition coefficient (Wildman–Crippen LogP) is 3.03. The van der Waals surface area contributed by atoms with E-state index in [0.29, 0.717) is 6.54 Å². The van der Waals surface area contributed by atoms with Crippen molar-refractivity contribution in [2.24, 2.45) is 0 Å². The Labute approximate surface area is 166 Å². The first-order valence-electron chi connectivity index (χ1n) is 9.30. The Bertz CT molecular complexity index is 929. The monoisotopic (exact) mass is 406 g/mol. The van der Waals surface area contributed by atoms with E-state index in [0.717, 1.165) is 34.5 Å². The van der Waals surface area contributed by atoms with Crippen molar-refractivity contribution in [3.63, 3.8) is 0 Å². The van der Waals surface area contributed by atoms with Gasteiger partial charge in [0.25, 0.3) is 0 Å². The smallest absolute Gasteiger partial charge is 0.235 e. The summed E-state index contributed by atoms with van der Waals surface area (Å²) in [6.45, 7) is 3.89. The second kappa shape index (κ2) is 9.80. The summed E-state index contributed by atoms with van der Waals surface area (Å²) in [5.74, 6) is -0.925. The molecular formula is C21H27FN2O3S. The van der Waals surface area contributed by atoms with E-state index in [9.17, 15) is 17.6 Å². The number of nitrogens with zero attached hydrogens (tertiary/aromatic N) is 1. The number of hydrogen-bond acceptors (Lipinski definition) is 3. The summed E-state index contributed by atoms with van der Waals surface area (Å²) in [4.78, 5) is 12.4. The van der Waals surface area contributed by atoms with Gasteiger partial charge in [0.15, 0.2) is 0 Å². The van der Waals surface area contributed by atoms with Gasteiger partial charge in [-0.05, 0) is 35.6 Å². The van der Waals surface area contributed by atoms with Crippen LogP contribution in [-0.2, 0) is 40.7 Å². The number of aryl methyl sites for hydroxylation is 2. The number of hydrogen-bond donors (Lipinski definition) is 1. The average molecular weight is 407 g/mol. The molecule has 0 saturated carbocycles. The third kappa shape index (κ3) is 6.14. The maximum absolute atomic E-state index is 13.9. The van der Waals surface area contributed by atoms with Gasteiger partial charge in [-0.1, -0.05) is 50.2 Å². The van der Waals surface area contributed by atoms with Crippen LogP contribution in [0.5, 0.6) is 0 Å². The lowest BCUT2D eigenvalue weighted by atomic mass is 10.0. The minimum Gasteiger partial charge on any atom is -0.351 e. The van der Waals surface area contributed by atoms with Crippen molar-refractivity contribution in [2.75, 3.05) is 12.8 Å². The fourth-order valence-electron chi connectivity index (χ4n) is 2.93. The van der Waals surface area contributed by atoms with Crippen LogP contribution >= 0.6 is 0 Å². The highest BCUT2D eigenvalue weighted by Gasteiger charge is 2.21. The van der Waals surface area contributed by atoms with Gasteiger partial charge in [0.2, 0.25) is 15.9 Å². The molecule has 0 aliphatic heterocycles. The average Bonchev–Trinajstić information content (AvgIpc) is 2.66. The van der Waals surface area contributed by atoms with Gasteiger partial charge in [-0.15, -0.1) is 0 Å². The summed E-state index contributed by atoms with van der Waals surface area (Å²) in [5.41, 5.74) is 3.57. The second-order valence-corrected chi connectivity index (χ2v) is 8.69. The Hall–Kier alpha value is -2.25. The molecule has 0 aliphatic rings. The van der Waals surface area contributed by atoms with Crippen molar-refractivity contribution in [3.8, 4) is 0 Å². The van der Waals surface area contributed by atoms with Crippen LogP contribution in [0.15, 0.2) is 42.5 Å². The van der Waals surface area contributed by atoms with Crippen LogP contribution in [0, 0.1) is 5.82 Å². The van der Waals surface area contributed by atoms with Crippen molar-refractivity contribution in [3.05, 3.63) is 70.5 Å². The molecule has 2 rings (SSSR count). The lowest BCUT2D eigenvalue weighted by molar-refractivity contribution is -0.121. The lowest BCUT2D eigenvalue weighted by Crippen LogP contribution is -2.39. The number of rotatable bonds is 9. The van der Waals surface area contributed by atoms with Gasteiger partial charge >= 0.3 is 0 Å². The summed E-state index contributed by atoms with van der Waals surface area (Å²) in [7, 11) is -3.68. The van der Waals surface area contributed by atoms with Crippen molar-refractivity contribution in [1.29, 1.82) is 0 Å². The molecule has 1 amide bonds. The molecule has 7 heteroatoms. The maximum Gasteiger partial charge on any atom is 0.235 e. The van der Waals surface area contributed by atoms with Gasteiger partial charge in [-0.2, -0.15) is 4.31 Å². The Balaban J connectivity index is 2.07. The molecule has 5 nitrogen and oxygen atoms in total. The largest absolute Gasteiger partial charge is 0.351 e. The third-order valence-corrected chi connectivity index (χ3v) is 5.83. The van der Waals surface area contributed by atoms with Crippen LogP contribution in [-0.4, -0.2) is 31.4 Å². The second-order valence-electron chi connectivity index (χ2n) is 6.71. The zero-order valence-electron chi connectivity index (χ0n) is 16.5. The van der Waals surface area contributed by atoms with Crippen LogP contribution < -0.4 is 5.32 Å². The van der Waals surface area contributed by atoms with Crippen molar-refractivity contribution in [2.45, 2.75) is 39.8 Å². The van der Waals surface area contributed by atoms with Crippen molar-refractivity contribution >= 4 is 15.9 Å². The van der Waals surface area contributed by atoms with E-state index in [2.05, 4.69) is 30.4 Å². The SMILES string of the molecule is CCc1ccc(CC)c(CNC(=O)CN(Cc2ccccc2F)S(C)(=O)=O)c1. The van der Waals surface area contributed by atoms with Gasteiger partial charge in [0.1, 0.15) is 5.82 Å². The van der Waals surface area contributed by atoms with Gasteiger partial charge in [0.05, 0.1) is 12.8 Å². The van der Waals surface area contributed by atoms with Crippen LogP contribution in [0.2, 0.25) is 0 Å². The first kappa shape index (κ1) is 22.0. The Kier molecular flexibility index (Phi) is 7.71. The quantitative estimate of drug-likeness (QED) is 0.696. The molecule has 0 heterocycles. The molecule has 2 aromatic carbocycles. The minimum absolute atomic E-state index is 0.190. The topological polar surface area (TPSA) is 66.5 Å². The highest BCUT2D eigenvalue weighted by Crippen LogP contribution is 2.14. The molecule has 2 aromatic rings. The number of benzene rings is 2. The van der Waals surface area contributed by atoms with E-state index in [1.165, 1.54) is 23.8 Å². The lowest BCUT2D eigenvalue weighted by Gasteiger charge is -2.20. The van der Waals surface area contributed by atoms with E-state index in [1.54, 1.807) is 6.07 Å². The molecule has 0 spiro atoms. The third-order valence-electron chi connectivity index (χ3n) is 4.63. The molecule has 0 bridgehead atoms. The summed E-state index contributed by atoms with van der Waals surface area (Å²) < 4.78 is 39.0. The molecule has 0 radical (unpaired) electrons. The van der Waals surface area contributed by atoms with Gasteiger partial charge in [-0.3, -0.25) is 4.79 Å². The summed E-state index contributed by atoms with van der Waals surface area (Å²) >= 11 is 0. The Morgan fingerprint density at radius 2 is 1.75 bits per heavy atom. The molecule has 0 fully saturated rings. The summed E-state index contributed by atoms with van der Waals surface area (Å²) in [5, 5.41) is 2.79. The van der Waals surface area contributed by atoms with Gasteiger partial charge in [-0.25, -0.2) is 12.8 Å². The number of carbonyl (C=O) groups excluding carboxylic acids is 1. The summed E-state index contributed by atoms with van der Waals surface area (Å²) in [6.07, 6.45) is 2.76. The molecular weight excluding hydrogens is 379 g/mol. The van der Waals surface area contributed by atoms with Gasteiger partial charge in [0, 0.05) is 18.7 Å². The molecule has 1 N–H and O–H groups in total. The van der Waals surface area contributed by atoms with Crippen LogP contribution in [0.25, 0.3) is 0 Å². The van der Waals surface area contributed by atoms with Crippen molar-refractivity contribution in [1.82, 2.24) is 9.62 Å². The van der Waals surface area contributed by atoms with E-state index in [1.807, 2.05) is 6.92 Å². The standard InChI is InChI=1S/C21H27FN2O3S/c1-4-16-10-11-17(5-2)19(12-16)13-23-21(25)15-24(28(3,26)27)14-18-8-6-7-9-20(18)22/h6-12H,4-5,13-15H2,1-3H3,(H,23,25). The number of carbonyl (C=O) groups is 1. The van der Waals surface area contributed by atoms with Crippen LogP contribution in [0.1, 0.15) is 36.1 Å².